The molecule has 0 bridgehead atoms. The number of benzene rings is 1. The highest BCUT2D eigenvalue weighted by Gasteiger charge is 2.53. The zero-order valence-electron chi connectivity index (χ0n) is 10.1. The van der Waals surface area contributed by atoms with E-state index in [0.717, 1.165) is 18.9 Å². The van der Waals surface area contributed by atoms with Crippen LogP contribution in [0.4, 0.5) is 17.6 Å². The number of aliphatic hydroxyl groups is 1. The molecule has 0 heterocycles. The molecule has 2 rings (SSSR count). The average molecular weight is 262 g/mol. The van der Waals surface area contributed by atoms with Gasteiger partial charge in [-0.2, -0.15) is 13.2 Å². The molecule has 1 aromatic rings. The smallest absolute Gasteiger partial charge is 0.385 e. The summed E-state index contributed by atoms with van der Waals surface area (Å²) in [6.07, 6.45) is -3.25. The van der Waals surface area contributed by atoms with Crippen LogP contribution in [0.25, 0.3) is 0 Å². The number of hydrogen-bond acceptors (Lipinski definition) is 1. The third kappa shape index (κ3) is 2.00. The summed E-state index contributed by atoms with van der Waals surface area (Å²) in [6.45, 7) is 3.29. The molecule has 1 aliphatic carbocycles. The van der Waals surface area contributed by atoms with E-state index in [0.29, 0.717) is 6.07 Å². The van der Waals surface area contributed by atoms with Crippen molar-refractivity contribution in [2.24, 2.45) is 5.41 Å². The SMILES string of the molecule is CC1(C(C)(O)c2ccc(F)c(C(F)(F)F)c2)CC1. The van der Waals surface area contributed by atoms with Crippen LogP contribution in [-0.2, 0) is 11.8 Å². The highest BCUT2D eigenvalue weighted by molar-refractivity contribution is 5.33. The fourth-order valence-corrected chi connectivity index (χ4v) is 2.07. The maximum absolute atomic E-state index is 13.2. The highest BCUT2D eigenvalue weighted by Crippen LogP contribution is 2.58. The number of halogens is 4. The first-order valence-corrected chi connectivity index (χ1v) is 5.67. The van der Waals surface area contributed by atoms with Gasteiger partial charge in [0.15, 0.2) is 0 Å². The van der Waals surface area contributed by atoms with E-state index in [9.17, 15) is 22.7 Å². The van der Waals surface area contributed by atoms with Crippen molar-refractivity contribution in [2.45, 2.75) is 38.5 Å². The van der Waals surface area contributed by atoms with Crippen LogP contribution in [0.15, 0.2) is 18.2 Å². The summed E-state index contributed by atoms with van der Waals surface area (Å²) in [7, 11) is 0. The molecular weight excluding hydrogens is 248 g/mol. The normalized spacial score (nSPS) is 21.5. The fraction of sp³-hybridized carbons (Fsp3) is 0.538. The van der Waals surface area contributed by atoms with E-state index < -0.39 is 28.6 Å². The molecule has 0 aromatic heterocycles. The Labute approximate surface area is 102 Å². The monoisotopic (exact) mass is 262 g/mol. The first-order chi connectivity index (χ1) is 8.08. The molecule has 100 valence electrons. The minimum atomic E-state index is -4.75. The quantitative estimate of drug-likeness (QED) is 0.802. The minimum Gasteiger partial charge on any atom is -0.385 e. The van der Waals surface area contributed by atoms with Gasteiger partial charge in [0.25, 0.3) is 0 Å². The number of alkyl halides is 3. The molecule has 1 fully saturated rings. The van der Waals surface area contributed by atoms with Crippen molar-refractivity contribution in [3.05, 3.63) is 35.1 Å². The summed E-state index contributed by atoms with van der Waals surface area (Å²) < 4.78 is 51.0. The third-order valence-corrected chi connectivity index (χ3v) is 4.01. The summed E-state index contributed by atoms with van der Waals surface area (Å²) >= 11 is 0. The molecule has 1 atom stereocenters. The second kappa shape index (κ2) is 3.70. The standard InChI is InChI=1S/C13H14F4O/c1-11(5-6-11)12(2,18)8-3-4-10(14)9(7-8)13(15,16)17/h3-4,7,18H,5-6H2,1-2H3. The van der Waals surface area contributed by atoms with E-state index >= 15 is 0 Å². The Morgan fingerprint density at radius 1 is 1.22 bits per heavy atom. The van der Waals surface area contributed by atoms with Gasteiger partial charge in [-0.25, -0.2) is 4.39 Å². The molecule has 1 saturated carbocycles. The molecule has 0 amide bonds. The largest absolute Gasteiger partial charge is 0.419 e. The van der Waals surface area contributed by atoms with E-state index in [4.69, 9.17) is 0 Å². The van der Waals surface area contributed by atoms with E-state index in [1.807, 2.05) is 6.92 Å². The Hall–Kier alpha value is -1.10. The van der Waals surface area contributed by atoms with Crippen molar-refractivity contribution < 1.29 is 22.7 Å². The highest BCUT2D eigenvalue weighted by atomic mass is 19.4. The van der Waals surface area contributed by atoms with Gasteiger partial charge >= 0.3 is 6.18 Å². The zero-order valence-corrected chi connectivity index (χ0v) is 10.1. The zero-order chi connectivity index (χ0) is 13.8. The van der Waals surface area contributed by atoms with Gasteiger partial charge in [0.1, 0.15) is 5.82 Å². The van der Waals surface area contributed by atoms with Crippen molar-refractivity contribution >= 4 is 0 Å². The molecule has 1 unspecified atom stereocenters. The van der Waals surface area contributed by atoms with Gasteiger partial charge in [-0.05, 0) is 37.5 Å². The van der Waals surface area contributed by atoms with Gasteiger partial charge in [0.2, 0.25) is 0 Å². The fourth-order valence-electron chi connectivity index (χ4n) is 2.07. The van der Waals surface area contributed by atoms with Crippen molar-refractivity contribution in [3.8, 4) is 0 Å². The van der Waals surface area contributed by atoms with Crippen molar-refractivity contribution in [3.63, 3.8) is 0 Å². The second-order valence-corrected chi connectivity index (χ2v) is 5.33. The number of rotatable bonds is 2. The number of hydrogen-bond donors (Lipinski definition) is 1. The van der Waals surface area contributed by atoms with Gasteiger partial charge in [0, 0.05) is 5.41 Å². The molecule has 0 spiro atoms. The average Bonchev–Trinajstić information content (AvgIpc) is 2.96. The first-order valence-electron chi connectivity index (χ1n) is 5.67. The molecule has 1 aromatic carbocycles. The molecule has 1 nitrogen and oxygen atoms in total. The van der Waals surface area contributed by atoms with Crippen LogP contribution >= 0.6 is 0 Å². The Bertz CT molecular complexity index is 472. The summed E-state index contributed by atoms with van der Waals surface area (Å²) in [5.74, 6) is -1.32. The molecule has 0 aliphatic heterocycles. The van der Waals surface area contributed by atoms with Crippen LogP contribution in [0, 0.1) is 11.2 Å². The van der Waals surface area contributed by atoms with Crippen LogP contribution in [0.3, 0.4) is 0 Å². The molecule has 0 radical (unpaired) electrons. The topological polar surface area (TPSA) is 20.2 Å². The van der Waals surface area contributed by atoms with E-state index in [1.165, 1.54) is 13.0 Å². The Morgan fingerprint density at radius 3 is 2.22 bits per heavy atom. The Kier molecular flexibility index (Phi) is 2.74. The molecule has 18 heavy (non-hydrogen) atoms. The van der Waals surface area contributed by atoms with E-state index in [2.05, 4.69) is 0 Å². The van der Waals surface area contributed by atoms with Gasteiger partial charge in [-0.15, -0.1) is 0 Å². The van der Waals surface area contributed by atoms with Crippen LogP contribution in [-0.4, -0.2) is 5.11 Å². The molecular formula is C13H14F4O. The third-order valence-electron chi connectivity index (χ3n) is 4.01. The van der Waals surface area contributed by atoms with E-state index in [1.54, 1.807) is 0 Å². The molecule has 1 aliphatic rings. The lowest BCUT2D eigenvalue weighted by molar-refractivity contribution is -0.140. The predicted molar refractivity (Wildman–Crippen MR) is 58.3 cm³/mol. The maximum atomic E-state index is 13.2. The molecule has 0 saturated heterocycles. The lowest BCUT2D eigenvalue weighted by Crippen LogP contribution is -2.31. The van der Waals surface area contributed by atoms with Crippen molar-refractivity contribution in [2.75, 3.05) is 0 Å². The molecule has 5 heteroatoms. The maximum Gasteiger partial charge on any atom is 0.419 e. The van der Waals surface area contributed by atoms with Gasteiger partial charge in [-0.1, -0.05) is 13.0 Å². The van der Waals surface area contributed by atoms with Gasteiger partial charge in [0.05, 0.1) is 11.2 Å². The summed E-state index contributed by atoms with van der Waals surface area (Å²) in [5, 5.41) is 10.4. The Balaban J connectivity index is 2.48. The summed E-state index contributed by atoms with van der Waals surface area (Å²) in [4.78, 5) is 0. The summed E-state index contributed by atoms with van der Waals surface area (Å²) in [6, 6.07) is 2.69. The van der Waals surface area contributed by atoms with Gasteiger partial charge in [-0.3, -0.25) is 0 Å². The van der Waals surface area contributed by atoms with E-state index in [-0.39, 0.29) is 5.56 Å². The van der Waals surface area contributed by atoms with Crippen molar-refractivity contribution in [1.82, 2.24) is 0 Å². The molecule has 1 N–H and O–H groups in total. The van der Waals surface area contributed by atoms with Gasteiger partial charge < -0.3 is 5.11 Å². The summed E-state index contributed by atoms with van der Waals surface area (Å²) in [5.41, 5.74) is -3.02. The minimum absolute atomic E-state index is 0.108. The second-order valence-electron chi connectivity index (χ2n) is 5.33. The van der Waals surface area contributed by atoms with Crippen LogP contribution in [0.2, 0.25) is 0 Å². The lowest BCUT2D eigenvalue weighted by atomic mass is 9.81. The Morgan fingerprint density at radius 2 is 1.78 bits per heavy atom. The lowest BCUT2D eigenvalue weighted by Gasteiger charge is -2.31. The first kappa shape index (κ1) is 13.3. The van der Waals surface area contributed by atoms with Crippen molar-refractivity contribution in [1.29, 1.82) is 0 Å². The van der Waals surface area contributed by atoms with Crippen LogP contribution in [0.1, 0.15) is 37.8 Å². The van der Waals surface area contributed by atoms with Crippen LogP contribution < -0.4 is 0 Å². The van der Waals surface area contributed by atoms with Crippen LogP contribution in [0.5, 0.6) is 0 Å². The predicted octanol–water partition coefficient (Wildman–Crippen LogP) is 3.85.